The van der Waals surface area contributed by atoms with E-state index in [0.29, 0.717) is 15.6 Å². The van der Waals surface area contributed by atoms with Crippen molar-refractivity contribution in [3.05, 3.63) is 87.9 Å². The molecule has 3 aromatic carbocycles. The smallest absolute Gasteiger partial charge is 0.185 e. The fourth-order valence-corrected chi connectivity index (χ4v) is 2.71. The van der Waals surface area contributed by atoms with Crippen LogP contribution in [0.2, 0.25) is 10.0 Å². The fourth-order valence-electron chi connectivity index (χ4n) is 2.24. The third kappa shape index (κ3) is 3.22. The highest BCUT2D eigenvalue weighted by atomic mass is 35.5. The molecule has 0 aliphatic rings. The predicted octanol–water partition coefficient (Wildman–Crippen LogP) is 6.04. The summed E-state index contributed by atoms with van der Waals surface area (Å²) in [7, 11) is 0. The Morgan fingerprint density at radius 2 is 1.64 bits per heavy atom. The van der Waals surface area contributed by atoms with Gasteiger partial charge in [0.1, 0.15) is 0 Å². The van der Waals surface area contributed by atoms with E-state index < -0.39 is 0 Å². The normalized spacial score (nSPS) is 11.2. The molecule has 3 rings (SSSR count). The Balaban J connectivity index is 1.87. The Hall–Kier alpha value is -2.09. The van der Waals surface area contributed by atoms with Crippen molar-refractivity contribution in [3.63, 3.8) is 0 Å². The lowest BCUT2D eigenvalue weighted by Crippen LogP contribution is -1.93. The SMILES string of the molecule is O=C(/C=C\c1ccc(Cl)cc1Cl)c1ccc2ccccc2c1. The third-order valence-electron chi connectivity index (χ3n) is 3.41. The maximum absolute atomic E-state index is 12.3. The topological polar surface area (TPSA) is 17.1 Å². The molecule has 0 fully saturated rings. The highest BCUT2D eigenvalue weighted by Gasteiger charge is 2.04. The highest BCUT2D eigenvalue weighted by Crippen LogP contribution is 2.22. The van der Waals surface area contributed by atoms with Gasteiger partial charge in [-0.15, -0.1) is 0 Å². The van der Waals surface area contributed by atoms with Crippen LogP contribution in [0.25, 0.3) is 16.8 Å². The number of carbonyl (C=O) groups excluding carboxylic acids is 1. The molecule has 0 aliphatic carbocycles. The Labute approximate surface area is 138 Å². The van der Waals surface area contributed by atoms with Crippen LogP contribution in [-0.2, 0) is 0 Å². The van der Waals surface area contributed by atoms with E-state index >= 15 is 0 Å². The van der Waals surface area contributed by atoms with Gasteiger partial charge in [0, 0.05) is 15.6 Å². The minimum absolute atomic E-state index is 0.0585. The van der Waals surface area contributed by atoms with E-state index in [4.69, 9.17) is 23.2 Å². The van der Waals surface area contributed by atoms with Crippen LogP contribution in [0.5, 0.6) is 0 Å². The van der Waals surface area contributed by atoms with Crippen molar-refractivity contribution in [1.82, 2.24) is 0 Å². The quantitative estimate of drug-likeness (QED) is 0.423. The first-order valence-corrected chi connectivity index (χ1v) is 7.55. The molecule has 3 aromatic rings. The van der Waals surface area contributed by atoms with Crippen LogP contribution in [0.1, 0.15) is 15.9 Å². The molecule has 0 aromatic heterocycles. The minimum Gasteiger partial charge on any atom is -0.289 e. The van der Waals surface area contributed by atoms with E-state index in [2.05, 4.69) is 0 Å². The zero-order chi connectivity index (χ0) is 15.5. The molecular formula is C19H12Cl2O. The average molecular weight is 327 g/mol. The molecule has 0 N–H and O–H groups in total. The second kappa shape index (κ2) is 6.35. The summed E-state index contributed by atoms with van der Waals surface area (Å²) in [5, 5.41) is 3.26. The van der Waals surface area contributed by atoms with Crippen molar-refractivity contribution < 1.29 is 4.79 Å². The van der Waals surface area contributed by atoms with Gasteiger partial charge in [0.15, 0.2) is 5.78 Å². The van der Waals surface area contributed by atoms with E-state index in [9.17, 15) is 4.79 Å². The molecule has 0 radical (unpaired) electrons. The summed E-state index contributed by atoms with van der Waals surface area (Å²) >= 11 is 11.9. The van der Waals surface area contributed by atoms with E-state index in [-0.39, 0.29) is 5.78 Å². The van der Waals surface area contributed by atoms with Gasteiger partial charge < -0.3 is 0 Å². The molecule has 0 aliphatic heterocycles. The number of allylic oxidation sites excluding steroid dienone is 1. The number of rotatable bonds is 3. The minimum atomic E-state index is -0.0585. The van der Waals surface area contributed by atoms with Gasteiger partial charge in [-0.05, 0) is 46.7 Å². The van der Waals surface area contributed by atoms with Gasteiger partial charge in [0.2, 0.25) is 0 Å². The molecule has 0 heterocycles. The van der Waals surface area contributed by atoms with Gasteiger partial charge in [0.05, 0.1) is 0 Å². The van der Waals surface area contributed by atoms with Crippen molar-refractivity contribution in [2.75, 3.05) is 0 Å². The lowest BCUT2D eigenvalue weighted by atomic mass is 10.0. The Morgan fingerprint density at radius 3 is 2.41 bits per heavy atom. The van der Waals surface area contributed by atoms with Crippen LogP contribution in [0, 0.1) is 0 Å². The first kappa shape index (κ1) is 14.8. The monoisotopic (exact) mass is 326 g/mol. The van der Waals surface area contributed by atoms with Gasteiger partial charge in [-0.25, -0.2) is 0 Å². The maximum Gasteiger partial charge on any atom is 0.185 e. The number of hydrogen-bond acceptors (Lipinski definition) is 1. The van der Waals surface area contributed by atoms with Gasteiger partial charge in [-0.2, -0.15) is 0 Å². The molecule has 0 atom stereocenters. The average Bonchev–Trinajstić information content (AvgIpc) is 2.53. The summed E-state index contributed by atoms with van der Waals surface area (Å²) in [4.78, 5) is 12.3. The van der Waals surface area contributed by atoms with Gasteiger partial charge in [-0.1, -0.05) is 65.7 Å². The second-order valence-corrected chi connectivity index (χ2v) is 5.77. The summed E-state index contributed by atoms with van der Waals surface area (Å²) in [6.45, 7) is 0. The number of hydrogen-bond donors (Lipinski definition) is 0. The molecule has 3 heteroatoms. The summed E-state index contributed by atoms with van der Waals surface area (Å²) in [6.07, 6.45) is 3.23. The number of carbonyl (C=O) groups is 1. The van der Waals surface area contributed by atoms with Crippen molar-refractivity contribution in [2.45, 2.75) is 0 Å². The van der Waals surface area contributed by atoms with E-state index in [1.807, 2.05) is 42.5 Å². The number of halogens is 2. The van der Waals surface area contributed by atoms with E-state index in [0.717, 1.165) is 16.3 Å². The molecule has 0 saturated carbocycles. The number of benzene rings is 3. The largest absolute Gasteiger partial charge is 0.289 e. The maximum atomic E-state index is 12.3. The first-order valence-electron chi connectivity index (χ1n) is 6.80. The molecule has 0 unspecified atom stereocenters. The van der Waals surface area contributed by atoms with Crippen LogP contribution in [0.4, 0.5) is 0 Å². The number of fused-ring (bicyclic) bond motifs is 1. The molecule has 108 valence electrons. The van der Waals surface area contributed by atoms with Crippen molar-refractivity contribution in [3.8, 4) is 0 Å². The Morgan fingerprint density at radius 1 is 0.864 bits per heavy atom. The van der Waals surface area contributed by atoms with Crippen molar-refractivity contribution in [2.24, 2.45) is 0 Å². The predicted molar refractivity (Wildman–Crippen MR) is 93.8 cm³/mol. The van der Waals surface area contributed by atoms with Gasteiger partial charge >= 0.3 is 0 Å². The van der Waals surface area contributed by atoms with Gasteiger partial charge in [0.25, 0.3) is 0 Å². The zero-order valence-corrected chi connectivity index (χ0v) is 13.1. The standard InChI is InChI=1S/C19H12Cl2O/c20-17-9-7-14(18(21)12-17)8-10-19(22)16-6-5-13-3-1-2-4-15(13)11-16/h1-12H/b10-8-. The van der Waals surface area contributed by atoms with E-state index in [1.165, 1.54) is 6.08 Å². The summed E-state index contributed by atoms with van der Waals surface area (Å²) in [5.41, 5.74) is 1.42. The molecule has 22 heavy (non-hydrogen) atoms. The molecular weight excluding hydrogens is 315 g/mol. The molecule has 0 spiro atoms. The highest BCUT2D eigenvalue weighted by molar-refractivity contribution is 6.35. The third-order valence-corrected chi connectivity index (χ3v) is 3.97. The molecule has 0 saturated heterocycles. The summed E-state index contributed by atoms with van der Waals surface area (Å²) in [5.74, 6) is -0.0585. The van der Waals surface area contributed by atoms with Crippen molar-refractivity contribution >= 4 is 45.8 Å². The van der Waals surface area contributed by atoms with Crippen LogP contribution >= 0.6 is 23.2 Å². The lowest BCUT2D eigenvalue weighted by molar-refractivity contribution is 0.104. The Kier molecular flexibility index (Phi) is 4.28. The summed E-state index contributed by atoms with van der Waals surface area (Å²) < 4.78 is 0. The van der Waals surface area contributed by atoms with Crippen LogP contribution in [0.3, 0.4) is 0 Å². The molecule has 0 bridgehead atoms. The van der Waals surface area contributed by atoms with Crippen LogP contribution < -0.4 is 0 Å². The fraction of sp³-hybridized carbons (Fsp3) is 0. The van der Waals surface area contributed by atoms with E-state index in [1.54, 1.807) is 24.3 Å². The second-order valence-electron chi connectivity index (χ2n) is 4.93. The molecule has 0 amide bonds. The van der Waals surface area contributed by atoms with Crippen LogP contribution in [0.15, 0.2) is 66.7 Å². The Bertz CT molecular complexity index is 881. The van der Waals surface area contributed by atoms with Crippen molar-refractivity contribution in [1.29, 1.82) is 0 Å². The molecule has 1 nitrogen and oxygen atoms in total. The van der Waals surface area contributed by atoms with Crippen LogP contribution in [-0.4, -0.2) is 5.78 Å². The summed E-state index contributed by atoms with van der Waals surface area (Å²) in [6, 6.07) is 18.8. The van der Waals surface area contributed by atoms with Gasteiger partial charge in [-0.3, -0.25) is 4.79 Å². The zero-order valence-electron chi connectivity index (χ0n) is 11.6. The lowest BCUT2D eigenvalue weighted by Gasteiger charge is -2.01. The number of ketones is 1. The first-order chi connectivity index (χ1) is 10.6.